The molecule has 0 radical (unpaired) electrons. The van der Waals surface area contributed by atoms with Gasteiger partial charge in [0.05, 0.1) is 30.7 Å². The number of aromatic nitrogens is 3. The first-order chi connectivity index (χ1) is 20.5. The van der Waals surface area contributed by atoms with Gasteiger partial charge in [0.1, 0.15) is 11.9 Å². The van der Waals surface area contributed by atoms with E-state index in [4.69, 9.17) is 14.2 Å². The van der Waals surface area contributed by atoms with E-state index in [2.05, 4.69) is 17.2 Å². The van der Waals surface area contributed by atoms with E-state index < -0.39 is 20.5 Å². The van der Waals surface area contributed by atoms with Gasteiger partial charge in [0.25, 0.3) is 0 Å². The van der Waals surface area contributed by atoms with Crippen molar-refractivity contribution in [3.05, 3.63) is 71.5 Å². The molecule has 3 unspecified atom stereocenters. The van der Waals surface area contributed by atoms with Gasteiger partial charge in [0.2, 0.25) is 5.91 Å². The Morgan fingerprint density at radius 1 is 1.21 bits per heavy atom. The van der Waals surface area contributed by atoms with Crippen LogP contribution < -0.4 is 9.64 Å². The molecule has 1 saturated heterocycles. The molecule has 1 fully saturated rings. The summed E-state index contributed by atoms with van der Waals surface area (Å²) >= 11 is 0. The maximum absolute atomic E-state index is 12.4. The van der Waals surface area contributed by atoms with E-state index in [0.29, 0.717) is 30.1 Å². The molecule has 0 saturated carbocycles. The number of aryl methyl sites for hydroxylation is 1. The van der Waals surface area contributed by atoms with Crippen molar-refractivity contribution in [1.82, 2.24) is 15.0 Å². The molecule has 2 aliphatic rings. The van der Waals surface area contributed by atoms with Crippen LogP contribution in [0.15, 0.2) is 54.7 Å². The summed E-state index contributed by atoms with van der Waals surface area (Å²) in [5.41, 5.74) is 2.92. The van der Waals surface area contributed by atoms with Crippen molar-refractivity contribution in [2.75, 3.05) is 18.6 Å². The van der Waals surface area contributed by atoms with Crippen LogP contribution in [0.2, 0.25) is 18.6 Å². The molecule has 12 heteroatoms. The lowest BCUT2D eigenvalue weighted by molar-refractivity contribution is -0.153. The number of hydrogen-bond donors (Lipinski definition) is 2. The van der Waals surface area contributed by atoms with Crippen molar-refractivity contribution >= 4 is 25.9 Å². The van der Waals surface area contributed by atoms with Crippen molar-refractivity contribution < 1.29 is 33.7 Å². The summed E-state index contributed by atoms with van der Waals surface area (Å²) in [4.78, 5) is 36.8. The van der Waals surface area contributed by atoms with Crippen molar-refractivity contribution in [1.29, 1.82) is 0 Å². The van der Waals surface area contributed by atoms with E-state index in [9.17, 15) is 19.5 Å². The number of amides is 1. The number of hydrogen-bond acceptors (Lipinski definition) is 9. The molecule has 11 nitrogen and oxygen atoms in total. The van der Waals surface area contributed by atoms with Gasteiger partial charge in [-0.15, -0.1) is 5.10 Å². The normalized spacial score (nSPS) is 23.1. The van der Waals surface area contributed by atoms with Crippen molar-refractivity contribution in [3.63, 3.8) is 0 Å². The van der Waals surface area contributed by atoms with Crippen molar-refractivity contribution in [2.24, 2.45) is 5.92 Å². The van der Waals surface area contributed by atoms with Crippen molar-refractivity contribution in [2.45, 2.75) is 76.2 Å². The molecule has 230 valence electrons. The number of aliphatic hydroxyl groups excluding tert-OH is 1. The van der Waals surface area contributed by atoms with Crippen LogP contribution >= 0.6 is 0 Å². The lowest BCUT2D eigenvalue weighted by Gasteiger charge is -2.44. The van der Waals surface area contributed by atoms with Gasteiger partial charge in [-0.2, -0.15) is 0 Å². The first-order valence-corrected chi connectivity index (χ1v) is 17.6. The highest BCUT2D eigenvalue weighted by atomic mass is 28.4. The molecule has 1 aromatic heterocycles. The lowest BCUT2D eigenvalue weighted by atomic mass is 9.86. The summed E-state index contributed by atoms with van der Waals surface area (Å²) in [6, 6.07) is 15.2. The van der Waals surface area contributed by atoms with E-state index in [0.717, 1.165) is 11.1 Å². The van der Waals surface area contributed by atoms with E-state index >= 15 is 0 Å². The monoisotopic (exact) mass is 608 g/mol. The molecule has 2 N–H and O–H groups in total. The number of nitrogens with zero attached hydrogens (tertiary/aromatic N) is 4. The maximum atomic E-state index is 12.4. The lowest BCUT2D eigenvalue weighted by Crippen LogP contribution is -2.55. The summed E-state index contributed by atoms with van der Waals surface area (Å²) in [6.07, 6.45) is 1.33. The summed E-state index contributed by atoms with van der Waals surface area (Å²) < 4.78 is 19.6. The minimum atomic E-state index is -2.75. The number of esters is 1. The Balaban J connectivity index is 1.35. The Morgan fingerprint density at radius 2 is 1.95 bits per heavy atom. The van der Waals surface area contributed by atoms with Crippen LogP contribution in [-0.2, 0) is 25.6 Å². The van der Waals surface area contributed by atoms with Gasteiger partial charge in [0, 0.05) is 49.5 Å². The van der Waals surface area contributed by atoms with Gasteiger partial charge in [-0.3, -0.25) is 19.2 Å². The van der Waals surface area contributed by atoms with Crippen LogP contribution in [0.1, 0.15) is 55.5 Å². The highest BCUT2D eigenvalue weighted by Gasteiger charge is 2.47. The molecular weight excluding hydrogens is 568 g/mol. The Hall–Kier alpha value is -3.58. The number of rotatable bonds is 11. The zero-order chi connectivity index (χ0) is 30.9. The van der Waals surface area contributed by atoms with E-state index in [1.807, 2.05) is 61.8 Å². The number of ether oxygens (including phenoxy) is 3. The second-order valence-corrected chi connectivity index (χ2v) is 16.0. The van der Waals surface area contributed by atoms with Crippen LogP contribution in [0, 0.1) is 5.92 Å². The molecular formula is C31H40N4O7Si. The zero-order valence-electron chi connectivity index (χ0n) is 25.2. The quantitative estimate of drug-likeness (QED) is 0.189. The first-order valence-electron chi connectivity index (χ1n) is 14.6. The second kappa shape index (κ2) is 12.6. The largest absolute Gasteiger partial charge is 0.490 e. The number of fused-ring (bicyclic) bond motifs is 1. The van der Waals surface area contributed by atoms with Crippen LogP contribution in [0.25, 0.3) is 0 Å². The van der Waals surface area contributed by atoms with Gasteiger partial charge >= 0.3 is 5.97 Å². The fraction of sp³-hybridized carbons (Fsp3) is 0.484. The SMILES string of the molecule is CO[C@@H]1c2cc(N3C(=O)CC3OC(C)=O)ccc2O[C@H](C(CCn2cc(C(CO)c3ccccc3)nn2)[Si](C)(C)O)[C@H]1C. The van der Waals surface area contributed by atoms with Crippen LogP contribution in [0.3, 0.4) is 0 Å². The van der Waals surface area contributed by atoms with Gasteiger partial charge in [-0.1, -0.05) is 42.5 Å². The fourth-order valence-corrected chi connectivity index (χ4v) is 8.34. The average molecular weight is 609 g/mol. The van der Waals surface area contributed by atoms with Gasteiger partial charge < -0.3 is 24.1 Å². The van der Waals surface area contributed by atoms with E-state index in [1.165, 1.54) is 11.8 Å². The third kappa shape index (κ3) is 6.37. The molecule has 5 rings (SSSR count). The molecule has 0 bridgehead atoms. The van der Waals surface area contributed by atoms with Crippen LogP contribution in [0.4, 0.5) is 5.69 Å². The molecule has 3 heterocycles. The summed E-state index contributed by atoms with van der Waals surface area (Å²) in [7, 11) is -1.10. The molecule has 1 amide bonds. The number of benzene rings is 2. The van der Waals surface area contributed by atoms with Crippen LogP contribution in [0.5, 0.6) is 5.75 Å². The highest BCUT2D eigenvalue weighted by Crippen LogP contribution is 2.48. The molecule has 2 aliphatic heterocycles. The average Bonchev–Trinajstić information content (AvgIpc) is 3.41. The Kier molecular flexibility index (Phi) is 9.02. The third-order valence-corrected chi connectivity index (χ3v) is 11.0. The molecule has 43 heavy (non-hydrogen) atoms. The van der Waals surface area contributed by atoms with Gasteiger partial charge in [-0.25, -0.2) is 0 Å². The summed E-state index contributed by atoms with van der Waals surface area (Å²) in [5, 5.41) is 18.7. The number of carbonyl (C=O) groups excluding carboxylic acids is 2. The standard InChI is InChI=1S/C31H40N4O7Si/c1-19-30(40-3)23-15-22(35-28(38)16-29(35)41-20(2)37)11-12-26(23)42-31(19)27(43(4,5)39)13-14-34-17-25(32-33-34)24(18-36)21-9-7-6-8-10-21/h6-12,15,17,19,24,27,29-31,36,39H,13-14,16,18H2,1-5H3/t19-,24?,27?,29?,30-,31-/m0/s1. The third-order valence-electron chi connectivity index (χ3n) is 8.57. The molecule has 0 aliphatic carbocycles. The highest BCUT2D eigenvalue weighted by molar-refractivity contribution is 6.71. The first kappa shape index (κ1) is 30.9. The predicted octanol–water partition coefficient (Wildman–Crippen LogP) is 3.77. The Labute approximate surface area is 252 Å². The smallest absolute Gasteiger partial charge is 0.304 e. The fourth-order valence-electron chi connectivity index (χ4n) is 6.33. The molecule has 0 spiro atoms. The Morgan fingerprint density at radius 3 is 2.58 bits per heavy atom. The minimum absolute atomic E-state index is 0.0782. The zero-order valence-corrected chi connectivity index (χ0v) is 26.2. The number of methoxy groups -OCH3 is 1. The second-order valence-electron chi connectivity index (χ2n) is 12.0. The maximum Gasteiger partial charge on any atom is 0.304 e. The van der Waals surface area contributed by atoms with Gasteiger partial charge in [0.15, 0.2) is 14.5 Å². The summed E-state index contributed by atoms with van der Waals surface area (Å²) in [6.45, 7) is 7.66. The number of aliphatic hydroxyl groups is 1. The minimum Gasteiger partial charge on any atom is -0.490 e. The number of anilines is 1. The Bertz CT molecular complexity index is 1440. The van der Waals surface area contributed by atoms with Crippen molar-refractivity contribution in [3.8, 4) is 5.75 Å². The predicted molar refractivity (Wildman–Crippen MR) is 161 cm³/mol. The summed E-state index contributed by atoms with van der Waals surface area (Å²) in [5.74, 6) is -0.313. The molecule has 3 aromatic rings. The molecule has 2 aromatic carbocycles. The van der Waals surface area contributed by atoms with Gasteiger partial charge in [-0.05, 0) is 43.3 Å². The van der Waals surface area contributed by atoms with Crippen LogP contribution in [-0.4, -0.2) is 71.1 Å². The number of carbonyl (C=O) groups is 2. The topological polar surface area (TPSA) is 136 Å². The van der Waals surface area contributed by atoms with E-state index in [-0.39, 0.29) is 48.5 Å². The number of β-lactam (4-membered cyclic amide) rings is 1. The molecule has 6 atom stereocenters. The van der Waals surface area contributed by atoms with E-state index in [1.54, 1.807) is 17.9 Å².